The highest BCUT2D eigenvalue weighted by molar-refractivity contribution is 7.20. The first-order chi connectivity index (χ1) is 12.2. The number of rotatable bonds is 4. The van der Waals surface area contributed by atoms with Crippen molar-refractivity contribution in [1.82, 2.24) is 9.78 Å². The van der Waals surface area contributed by atoms with Crippen LogP contribution < -0.4 is 0 Å². The second-order valence-corrected chi connectivity index (χ2v) is 7.73. The number of carbonyl (C=O) groups excluding carboxylic acids is 2. The molecule has 0 aliphatic rings. The normalized spacial score (nSPS) is 12.4. The van der Waals surface area contributed by atoms with E-state index in [1.807, 2.05) is 46.9 Å². The molecule has 1 unspecified atom stereocenters. The molecule has 6 heteroatoms. The summed E-state index contributed by atoms with van der Waals surface area (Å²) in [5, 5.41) is 5.26. The Balaban J connectivity index is 1.81. The van der Waals surface area contributed by atoms with E-state index < -0.39 is 12.1 Å². The van der Waals surface area contributed by atoms with Gasteiger partial charge in [-0.05, 0) is 63.4 Å². The van der Waals surface area contributed by atoms with Crippen LogP contribution in [-0.2, 0) is 11.8 Å². The number of hydrogen-bond donors (Lipinski definition) is 0. The minimum absolute atomic E-state index is 0.182. The minimum Gasteiger partial charge on any atom is -0.450 e. The Morgan fingerprint density at radius 3 is 2.38 bits per heavy atom. The number of ketones is 1. The molecule has 0 aliphatic carbocycles. The fourth-order valence-electron chi connectivity index (χ4n) is 3.02. The van der Waals surface area contributed by atoms with Crippen molar-refractivity contribution >= 4 is 33.3 Å². The van der Waals surface area contributed by atoms with Crippen molar-refractivity contribution in [1.29, 1.82) is 0 Å². The van der Waals surface area contributed by atoms with Crippen LogP contribution in [0.25, 0.3) is 10.2 Å². The lowest BCUT2D eigenvalue weighted by Gasteiger charge is -2.14. The number of Topliss-reactive ketones (excluding diaryl/α,β-unsaturated/α-hetero) is 1. The highest BCUT2D eigenvalue weighted by atomic mass is 32.1. The maximum atomic E-state index is 12.7. The van der Waals surface area contributed by atoms with Gasteiger partial charge in [-0.2, -0.15) is 5.10 Å². The molecule has 1 aromatic carbocycles. The summed E-state index contributed by atoms with van der Waals surface area (Å²) in [5.74, 6) is -0.661. The standard InChI is InChI=1S/C20H22N2O3S/c1-10-7-12(3)15(8-11(10)2)18(23)14(5)25-20(24)17-9-16-13(4)21-22(6)19(16)26-17/h7-9,14H,1-6H3. The summed E-state index contributed by atoms with van der Waals surface area (Å²) in [6.45, 7) is 9.40. The molecule has 0 N–H and O–H groups in total. The molecule has 0 amide bonds. The number of carbonyl (C=O) groups is 2. The van der Waals surface area contributed by atoms with Gasteiger partial charge in [0, 0.05) is 18.0 Å². The van der Waals surface area contributed by atoms with E-state index in [1.165, 1.54) is 11.3 Å². The first-order valence-corrected chi connectivity index (χ1v) is 9.27. The first-order valence-electron chi connectivity index (χ1n) is 8.45. The van der Waals surface area contributed by atoms with Gasteiger partial charge in [0.25, 0.3) is 0 Å². The SMILES string of the molecule is Cc1cc(C)c(C(=O)C(C)OC(=O)c2cc3c(C)nn(C)c3s2)cc1C. The van der Waals surface area contributed by atoms with E-state index >= 15 is 0 Å². The number of fused-ring (bicyclic) bond motifs is 1. The lowest BCUT2D eigenvalue weighted by Crippen LogP contribution is -2.25. The predicted molar refractivity (Wildman–Crippen MR) is 103 cm³/mol. The molecule has 2 heterocycles. The minimum atomic E-state index is -0.840. The first kappa shape index (κ1) is 18.3. The average molecular weight is 370 g/mol. The van der Waals surface area contributed by atoms with Crippen LogP contribution in [0.3, 0.4) is 0 Å². The molecule has 3 rings (SSSR count). The molecule has 2 aromatic heterocycles. The topological polar surface area (TPSA) is 61.2 Å². The number of aromatic nitrogens is 2. The van der Waals surface area contributed by atoms with Gasteiger partial charge in [-0.25, -0.2) is 4.79 Å². The molecule has 0 radical (unpaired) electrons. The van der Waals surface area contributed by atoms with Crippen LogP contribution in [0, 0.1) is 27.7 Å². The van der Waals surface area contributed by atoms with E-state index in [4.69, 9.17) is 4.74 Å². The summed E-state index contributed by atoms with van der Waals surface area (Å²) in [7, 11) is 1.84. The van der Waals surface area contributed by atoms with Gasteiger partial charge in [0.1, 0.15) is 9.71 Å². The highest BCUT2D eigenvalue weighted by Crippen LogP contribution is 2.28. The van der Waals surface area contributed by atoms with Crippen molar-refractivity contribution in [2.75, 3.05) is 0 Å². The van der Waals surface area contributed by atoms with E-state index in [-0.39, 0.29) is 5.78 Å². The van der Waals surface area contributed by atoms with E-state index in [1.54, 1.807) is 17.7 Å². The molecule has 136 valence electrons. The Morgan fingerprint density at radius 2 is 1.73 bits per heavy atom. The molecule has 0 saturated carbocycles. The quantitative estimate of drug-likeness (QED) is 0.507. The Labute approximate surface area is 156 Å². The Kier molecular flexibility index (Phi) is 4.71. The molecular formula is C20H22N2O3S. The molecule has 0 saturated heterocycles. The van der Waals surface area contributed by atoms with Gasteiger partial charge in [0.2, 0.25) is 5.78 Å². The maximum Gasteiger partial charge on any atom is 0.349 e. The van der Waals surface area contributed by atoms with Crippen LogP contribution in [0.5, 0.6) is 0 Å². The van der Waals surface area contributed by atoms with Crippen LogP contribution in [0.15, 0.2) is 18.2 Å². The van der Waals surface area contributed by atoms with Crippen molar-refractivity contribution in [2.45, 2.75) is 40.7 Å². The number of hydrogen-bond acceptors (Lipinski definition) is 5. The van der Waals surface area contributed by atoms with E-state index in [0.717, 1.165) is 32.6 Å². The van der Waals surface area contributed by atoms with Crippen molar-refractivity contribution in [3.63, 3.8) is 0 Å². The summed E-state index contributed by atoms with van der Waals surface area (Å²) in [4.78, 5) is 26.6. The average Bonchev–Trinajstić information content (AvgIpc) is 3.12. The molecule has 1 atom stereocenters. The zero-order valence-corrected chi connectivity index (χ0v) is 16.7. The summed E-state index contributed by atoms with van der Waals surface area (Å²) in [5.41, 5.74) is 4.55. The van der Waals surface area contributed by atoms with Crippen molar-refractivity contribution in [3.8, 4) is 0 Å². The molecule has 0 aliphatic heterocycles. The second-order valence-electron chi connectivity index (χ2n) is 6.70. The van der Waals surface area contributed by atoms with Gasteiger partial charge in [-0.1, -0.05) is 6.07 Å². The van der Waals surface area contributed by atoms with E-state index in [2.05, 4.69) is 5.10 Å². The highest BCUT2D eigenvalue weighted by Gasteiger charge is 2.24. The Bertz CT molecular complexity index is 995. The summed E-state index contributed by atoms with van der Waals surface area (Å²) < 4.78 is 7.20. The predicted octanol–water partition coefficient (Wildman–Crippen LogP) is 4.30. The van der Waals surface area contributed by atoms with Crippen LogP contribution >= 0.6 is 11.3 Å². The second kappa shape index (κ2) is 6.68. The lowest BCUT2D eigenvalue weighted by atomic mass is 9.96. The molecule has 0 bridgehead atoms. The number of nitrogens with zero attached hydrogens (tertiary/aromatic N) is 2. The monoisotopic (exact) mass is 370 g/mol. The Morgan fingerprint density at radius 1 is 1.08 bits per heavy atom. The fraction of sp³-hybridized carbons (Fsp3) is 0.350. The van der Waals surface area contributed by atoms with Crippen LogP contribution in [0.1, 0.15) is 49.3 Å². The van der Waals surface area contributed by atoms with E-state index in [0.29, 0.717) is 10.4 Å². The molecule has 0 fully saturated rings. The third-order valence-corrected chi connectivity index (χ3v) is 5.84. The van der Waals surface area contributed by atoms with Gasteiger partial charge in [0.05, 0.1) is 5.69 Å². The lowest BCUT2D eigenvalue weighted by molar-refractivity contribution is 0.0323. The number of ether oxygens (including phenoxy) is 1. The third-order valence-electron chi connectivity index (χ3n) is 4.66. The number of aryl methyl sites for hydroxylation is 5. The van der Waals surface area contributed by atoms with Gasteiger partial charge in [-0.3, -0.25) is 9.48 Å². The third kappa shape index (κ3) is 3.17. The van der Waals surface area contributed by atoms with Gasteiger partial charge >= 0.3 is 5.97 Å². The van der Waals surface area contributed by atoms with Crippen molar-refractivity contribution < 1.29 is 14.3 Å². The molecule has 26 heavy (non-hydrogen) atoms. The van der Waals surface area contributed by atoms with Crippen LogP contribution in [0.2, 0.25) is 0 Å². The largest absolute Gasteiger partial charge is 0.450 e. The molecule has 5 nitrogen and oxygen atoms in total. The van der Waals surface area contributed by atoms with Gasteiger partial charge < -0.3 is 4.74 Å². The summed E-state index contributed by atoms with van der Waals surface area (Å²) in [6, 6.07) is 5.63. The molecule has 0 spiro atoms. The molecule has 3 aromatic rings. The van der Waals surface area contributed by atoms with Gasteiger partial charge in [0.15, 0.2) is 6.10 Å². The summed E-state index contributed by atoms with van der Waals surface area (Å²) >= 11 is 1.32. The molecular weight excluding hydrogens is 348 g/mol. The van der Waals surface area contributed by atoms with Crippen molar-refractivity contribution in [2.24, 2.45) is 7.05 Å². The maximum absolute atomic E-state index is 12.7. The number of thiophene rings is 1. The van der Waals surface area contributed by atoms with Crippen LogP contribution in [-0.4, -0.2) is 27.6 Å². The zero-order valence-electron chi connectivity index (χ0n) is 15.8. The number of esters is 1. The summed E-state index contributed by atoms with van der Waals surface area (Å²) in [6.07, 6.45) is -0.840. The zero-order chi connectivity index (χ0) is 19.2. The Hall–Kier alpha value is -2.47. The smallest absolute Gasteiger partial charge is 0.349 e. The number of benzene rings is 1. The van der Waals surface area contributed by atoms with Gasteiger partial charge in [-0.15, -0.1) is 11.3 Å². The van der Waals surface area contributed by atoms with Crippen molar-refractivity contribution in [3.05, 3.63) is 51.0 Å². The fourth-order valence-corrected chi connectivity index (χ4v) is 4.03. The van der Waals surface area contributed by atoms with E-state index in [9.17, 15) is 9.59 Å². The van der Waals surface area contributed by atoms with Crippen LogP contribution in [0.4, 0.5) is 0 Å².